The maximum absolute atomic E-state index is 12.2. The number of halogens is 1. The van der Waals surface area contributed by atoms with Gasteiger partial charge in [0.1, 0.15) is 6.67 Å². The van der Waals surface area contributed by atoms with Gasteiger partial charge in [-0.1, -0.05) is 12.1 Å². The van der Waals surface area contributed by atoms with Crippen molar-refractivity contribution in [2.75, 3.05) is 13.2 Å². The van der Waals surface area contributed by atoms with Crippen molar-refractivity contribution in [3.05, 3.63) is 35.4 Å². The highest BCUT2D eigenvalue weighted by atomic mass is 19.1. The van der Waals surface area contributed by atoms with E-state index in [0.29, 0.717) is 30.5 Å². The third-order valence-corrected chi connectivity index (χ3v) is 3.03. The van der Waals surface area contributed by atoms with Gasteiger partial charge in [-0.3, -0.25) is 14.5 Å². The first-order chi connectivity index (χ1) is 8.65. The van der Waals surface area contributed by atoms with Crippen LogP contribution in [-0.2, 0) is 0 Å². The average Bonchev–Trinajstić information content (AvgIpc) is 2.64. The number of rotatable bonds is 5. The Labute approximate surface area is 105 Å². The van der Waals surface area contributed by atoms with Crippen molar-refractivity contribution in [1.82, 2.24) is 4.90 Å². The predicted molar refractivity (Wildman–Crippen MR) is 65.0 cm³/mol. The Morgan fingerprint density at radius 2 is 1.72 bits per heavy atom. The maximum atomic E-state index is 12.2. The summed E-state index contributed by atoms with van der Waals surface area (Å²) in [6.07, 6.45) is 0.987. The Bertz CT molecular complexity index is 441. The van der Waals surface area contributed by atoms with Gasteiger partial charge in [0.25, 0.3) is 11.8 Å². The van der Waals surface area contributed by atoms with E-state index in [9.17, 15) is 14.0 Å². The molecule has 0 aliphatic carbocycles. The van der Waals surface area contributed by atoms with Gasteiger partial charge in [-0.2, -0.15) is 0 Å². The number of fused-ring (bicyclic) bond motifs is 1. The number of benzene rings is 1. The third-order valence-electron chi connectivity index (χ3n) is 3.03. The van der Waals surface area contributed by atoms with E-state index in [1.807, 2.05) is 0 Å². The molecule has 0 radical (unpaired) electrons. The molecule has 1 aliphatic rings. The lowest BCUT2D eigenvalue weighted by Crippen LogP contribution is -2.32. The van der Waals surface area contributed by atoms with Crippen molar-refractivity contribution in [3.63, 3.8) is 0 Å². The third kappa shape index (κ3) is 2.26. The molecule has 2 amide bonds. The zero-order chi connectivity index (χ0) is 13.1. The monoisotopic (exact) mass is 250 g/mol. The van der Waals surface area contributed by atoms with Gasteiger partial charge in [0.15, 0.2) is 0 Å². The van der Waals surface area contributed by atoms with Crippen LogP contribution in [0.25, 0.3) is 0 Å². The number of nitrogens with two attached hydrogens (primary N) is 1. The molecule has 1 aromatic carbocycles. The van der Waals surface area contributed by atoms with Gasteiger partial charge in [0.2, 0.25) is 0 Å². The number of carbonyl (C=O) groups is 2. The minimum Gasteiger partial charge on any atom is -0.325 e. The lowest BCUT2D eigenvalue weighted by Gasteiger charge is -2.14. The standard InChI is InChI=1S/C13H15FN2O2/c14-8-9(15)4-3-7-16-12(17)10-5-1-2-6-11(10)13(16)18/h1-2,5-6,9H,3-4,7-8,15H2. The van der Waals surface area contributed by atoms with Gasteiger partial charge in [-0.15, -0.1) is 0 Å². The van der Waals surface area contributed by atoms with Crippen LogP contribution in [-0.4, -0.2) is 36.0 Å². The number of amides is 2. The second-order valence-corrected chi connectivity index (χ2v) is 4.36. The van der Waals surface area contributed by atoms with E-state index in [1.54, 1.807) is 24.3 Å². The molecule has 18 heavy (non-hydrogen) atoms. The SMILES string of the molecule is NC(CF)CCCN1C(=O)c2ccccc2C1=O. The van der Waals surface area contributed by atoms with Crippen molar-refractivity contribution in [2.45, 2.75) is 18.9 Å². The van der Waals surface area contributed by atoms with Crippen LogP contribution in [0.1, 0.15) is 33.6 Å². The number of nitrogens with zero attached hydrogens (tertiary/aromatic N) is 1. The first kappa shape index (κ1) is 12.7. The van der Waals surface area contributed by atoms with Gasteiger partial charge in [0.05, 0.1) is 11.1 Å². The summed E-state index contributed by atoms with van der Waals surface area (Å²) in [5.41, 5.74) is 6.33. The molecule has 1 aromatic rings. The Morgan fingerprint density at radius 1 is 1.17 bits per heavy atom. The fourth-order valence-electron chi connectivity index (χ4n) is 2.03. The van der Waals surface area contributed by atoms with E-state index in [1.165, 1.54) is 4.90 Å². The van der Waals surface area contributed by atoms with Crippen LogP contribution in [0.3, 0.4) is 0 Å². The highest BCUT2D eigenvalue weighted by molar-refractivity contribution is 6.21. The highest BCUT2D eigenvalue weighted by Gasteiger charge is 2.34. The Kier molecular flexibility index (Phi) is 3.72. The van der Waals surface area contributed by atoms with Gasteiger partial charge in [-0.05, 0) is 25.0 Å². The van der Waals surface area contributed by atoms with Gasteiger partial charge in [0, 0.05) is 12.6 Å². The van der Waals surface area contributed by atoms with Crippen molar-refractivity contribution < 1.29 is 14.0 Å². The van der Waals surface area contributed by atoms with Crippen LogP contribution in [0, 0.1) is 0 Å². The molecule has 96 valence electrons. The fourth-order valence-corrected chi connectivity index (χ4v) is 2.03. The second-order valence-electron chi connectivity index (χ2n) is 4.36. The second kappa shape index (κ2) is 5.27. The first-order valence-corrected chi connectivity index (χ1v) is 5.92. The number of hydrogen-bond donors (Lipinski definition) is 1. The molecular weight excluding hydrogens is 235 g/mol. The van der Waals surface area contributed by atoms with E-state index in [2.05, 4.69) is 0 Å². The molecule has 0 bridgehead atoms. The summed E-state index contributed by atoms with van der Waals surface area (Å²) in [6.45, 7) is -0.290. The molecule has 1 heterocycles. The normalized spacial score (nSPS) is 16.0. The fraction of sp³-hybridized carbons (Fsp3) is 0.385. The molecule has 1 unspecified atom stereocenters. The summed E-state index contributed by atoms with van der Waals surface area (Å²) in [4.78, 5) is 25.1. The molecule has 1 aliphatic heterocycles. The minimum atomic E-state index is -0.581. The molecule has 0 aromatic heterocycles. The molecule has 5 heteroatoms. The van der Waals surface area contributed by atoms with E-state index in [-0.39, 0.29) is 11.8 Å². The Hall–Kier alpha value is -1.75. The zero-order valence-electron chi connectivity index (χ0n) is 9.93. The van der Waals surface area contributed by atoms with Crippen molar-refractivity contribution >= 4 is 11.8 Å². The summed E-state index contributed by atoms with van der Waals surface area (Å²) in [5, 5.41) is 0. The summed E-state index contributed by atoms with van der Waals surface area (Å²) in [7, 11) is 0. The molecule has 2 N–H and O–H groups in total. The number of imide groups is 1. The van der Waals surface area contributed by atoms with Crippen molar-refractivity contribution in [1.29, 1.82) is 0 Å². The van der Waals surface area contributed by atoms with E-state index >= 15 is 0 Å². The molecule has 0 saturated heterocycles. The zero-order valence-corrected chi connectivity index (χ0v) is 9.93. The number of alkyl halides is 1. The quantitative estimate of drug-likeness (QED) is 0.802. The Morgan fingerprint density at radius 3 is 2.22 bits per heavy atom. The van der Waals surface area contributed by atoms with Crippen LogP contribution in [0.2, 0.25) is 0 Å². The Balaban J connectivity index is 2.01. The van der Waals surface area contributed by atoms with E-state index < -0.39 is 12.7 Å². The smallest absolute Gasteiger partial charge is 0.261 e. The van der Waals surface area contributed by atoms with Crippen LogP contribution in [0.4, 0.5) is 4.39 Å². The maximum Gasteiger partial charge on any atom is 0.261 e. The number of hydrogen-bond acceptors (Lipinski definition) is 3. The van der Waals surface area contributed by atoms with Crippen molar-refractivity contribution in [3.8, 4) is 0 Å². The van der Waals surface area contributed by atoms with Gasteiger partial charge >= 0.3 is 0 Å². The highest BCUT2D eigenvalue weighted by Crippen LogP contribution is 2.22. The van der Waals surface area contributed by atoms with Gasteiger partial charge < -0.3 is 5.73 Å². The van der Waals surface area contributed by atoms with E-state index in [4.69, 9.17) is 5.73 Å². The topological polar surface area (TPSA) is 63.4 Å². The molecule has 0 fully saturated rings. The summed E-state index contributed by atoms with van der Waals surface area (Å²) in [5.74, 6) is -0.547. The van der Waals surface area contributed by atoms with Crippen LogP contribution in [0.5, 0.6) is 0 Å². The lowest BCUT2D eigenvalue weighted by molar-refractivity contribution is 0.0650. The molecule has 0 spiro atoms. The molecule has 4 nitrogen and oxygen atoms in total. The summed E-state index contributed by atoms with van der Waals surface area (Å²) in [6, 6.07) is 6.23. The molecule has 2 rings (SSSR count). The minimum absolute atomic E-state index is 0.274. The predicted octanol–water partition coefficient (Wildman–Crippen LogP) is 1.36. The summed E-state index contributed by atoms with van der Waals surface area (Å²) >= 11 is 0. The van der Waals surface area contributed by atoms with Crippen LogP contribution >= 0.6 is 0 Å². The average molecular weight is 250 g/mol. The summed E-state index contributed by atoms with van der Waals surface area (Å²) < 4.78 is 12.2. The van der Waals surface area contributed by atoms with Gasteiger partial charge in [-0.25, -0.2) is 4.39 Å². The van der Waals surface area contributed by atoms with Crippen molar-refractivity contribution in [2.24, 2.45) is 5.73 Å². The van der Waals surface area contributed by atoms with E-state index in [0.717, 1.165) is 0 Å². The van der Waals surface area contributed by atoms with Crippen LogP contribution < -0.4 is 5.73 Å². The first-order valence-electron chi connectivity index (χ1n) is 5.92. The molecular formula is C13H15FN2O2. The number of carbonyl (C=O) groups excluding carboxylic acids is 2. The largest absolute Gasteiger partial charge is 0.325 e. The lowest BCUT2D eigenvalue weighted by atomic mass is 10.1. The molecule has 1 atom stereocenters. The van der Waals surface area contributed by atoms with Crippen LogP contribution in [0.15, 0.2) is 24.3 Å². The molecule has 0 saturated carbocycles.